The minimum absolute atomic E-state index is 0.238. The van der Waals surface area contributed by atoms with Gasteiger partial charge in [-0.25, -0.2) is 0 Å². The van der Waals surface area contributed by atoms with Crippen LogP contribution in [0.1, 0.15) is 24.1 Å². The summed E-state index contributed by atoms with van der Waals surface area (Å²) in [5.74, 6) is 1.32. The van der Waals surface area contributed by atoms with Crippen molar-refractivity contribution in [2.45, 2.75) is 19.4 Å². The molecule has 1 N–H and O–H groups in total. The monoisotopic (exact) mass is 300 g/mol. The molecule has 0 bridgehead atoms. The molecule has 3 nitrogen and oxygen atoms in total. The average molecular weight is 301 g/mol. The summed E-state index contributed by atoms with van der Waals surface area (Å²) in [7, 11) is 1.91. The summed E-state index contributed by atoms with van der Waals surface area (Å²) in [5, 5.41) is 12.4. The zero-order valence-electron chi connectivity index (χ0n) is 12.1. The molecule has 0 saturated carbocycles. The zero-order valence-corrected chi connectivity index (χ0v) is 12.8. The van der Waals surface area contributed by atoms with Crippen LogP contribution in [0.2, 0.25) is 5.02 Å². The van der Waals surface area contributed by atoms with Gasteiger partial charge in [0.2, 0.25) is 0 Å². The lowest BCUT2D eigenvalue weighted by Crippen LogP contribution is -2.12. The molecule has 0 heterocycles. The van der Waals surface area contributed by atoms with Crippen molar-refractivity contribution in [3.05, 3.63) is 58.6 Å². The molecule has 2 aromatic rings. The van der Waals surface area contributed by atoms with Crippen LogP contribution in [0, 0.1) is 11.3 Å². The first kappa shape index (κ1) is 15.4. The molecule has 0 fully saturated rings. The summed E-state index contributed by atoms with van der Waals surface area (Å²) < 4.78 is 5.78. The maximum atomic E-state index is 8.65. The first-order valence-corrected chi connectivity index (χ1v) is 7.12. The topological polar surface area (TPSA) is 45.0 Å². The van der Waals surface area contributed by atoms with Crippen molar-refractivity contribution >= 4 is 11.6 Å². The molecule has 1 atom stereocenters. The molecule has 1 unspecified atom stereocenters. The first-order chi connectivity index (χ1) is 10.1. The Morgan fingerprint density at radius 2 is 1.95 bits per heavy atom. The maximum Gasteiger partial charge on any atom is 0.146 e. The second-order valence-electron chi connectivity index (χ2n) is 4.78. The van der Waals surface area contributed by atoms with Crippen molar-refractivity contribution in [1.29, 1.82) is 5.26 Å². The van der Waals surface area contributed by atoms with E-state index in [1.54, 1.807) is 0 Å². The molecular formula is C17H17ClN2O. The summed E-state index contributed by atoms with van der Waals surface area (Å²) >= 11 is 6.27. The Kier molecular flexibility index (Phi) is 5.21. The van der Waals surface area contributed by atoms with E-state index in [1.165, 1.54) is 0 Å². The molecule has 0 aliphatic rings. The first-order valence-electron chi connectivity index (χ1n) is 6.74. The van der Waals surface area contributed by atoms with Crippen molar-refractivity contribution in [2.75, 3.05) is 7.05 Å². The number of hydrogen-bond acceptors (Lipinski definition) is 3. The van der Waals surface area contributed by atoms with E-state index in [2.05, 4.69) is 18.3 Å². The van der Waals surface area contributed by atoms with E-state index in [0.29, 0.717) is 22.9 Å². The Bertz CT molecular complexity index is 647. The summed E-state index contributed by atoms with van der Waals surface area (Å²) in [6, 6.07) is 15.6. The number of hydrogen-bond donors (Lipinski definition) is 1. The van der Waals surface area contributed by atoms with E-state index in [0.717, 1.165) is 11.1 Å². The summed E-state index contributed by atoms with van der Waals surface area (Å²) in [6.07, 6.45) is 0.400. The molecule has 0 aliphatic heterocycles. The van der Waals surface area contributed by atoms with Gasteiger partial charge in [-0.3, -0.25) is 0 Å². The second kappa shape index (κ2) is 7.12. The standard InChI is InChI=1S/C17H17ClN2O/c1-12(20-2)14-5-8-17(16(18)11-14)21-15-6-3-13(4-7-15)9-10-19/h3-8,11-12,20H,9H2,1-2H3. The number of ether oxygens (including phenoxy) is 1. The van der Waals surface area contributed by atoms with Crippen LogP contribution in [0.25, 0.3) is 0 Å². The van der Waals surface area contributed by atoms with Crippen LogP contribution < -0.4 is 10.1 Å². The van der Waals surface area contributed by atoms with Crippen LogP contribution in [-0.4, -0.2) is 7.05 Å². The smallest absolute Gasteiger partial charge is 0.146 e. The lowest BCUT2D eigenvalue weighted by Gasteiger charge is -2.13. The van der Waals surface area contributed by atoms with Gasteiger partial charge in [0.1, 0.15) is 11.5 Å². The van der Waals surface area contributed by atoms with Crippen LogP contribution in [0.4, 0.5) is 0 Å². The second-order valence-corrected chi connectivity index (χ2v) is 5.19. The van der Waals surface area contributed by atoms with Crippen molar-refractivity contribution < 1.29 is 4.74 Å². The fraction of sp³-hybridized carbons (Fsp3) is 0.235. The third-order valence-corrected chi connectivity index (χ3v) is 3.62. The van der Waals surface area contributed by atoms with E-state index in [4.69, 9.17) is 21.6 Å². The number of nitrogens with one attached hydrogen (secondary N) is 1. The minimum atomic E-state index is 0.238. The predicted molar refractivity (Wildman–Crippen MR) is 84.8 cm³/mol. The highest BCUT2D eigenvalue weighted by Crippen LogP contribution is 2.31. The molecule has 0 radical (unpaired) electrons. The number of benzene rings is 2. The number of nitriles is 1. The summed E-state index contributed by atoms with van der Waals surface area (Å²) in [6.45, 7) is 2.07. The molecule has 0 aromatic heterocycles. The van der Waals surface area contributed by atoms with Gasteiger partial charge in [0.05, 0.1) is 17.5 Å². The summed E-state index contributed by atoms with van der Waals surface area (Å²) in [4.78, 5) is 0. The molecule has 0 saturated heterocycles. The summed E-state index contributed by atoms with van der Waals surface area (Å²) in [5.41, 5.74) is 2.08. The predicted octanol–water partition coefficient (Wildman–Crippen LogP) is 4.48. The van der Waals surface area contributed by atoms with Crippen molar-refractivity contribution in [1.82, 2.24) is 5.32 Å². The van der Waals surface area contributed by atoms with E-state index >= 15 is 0 Å². The van der Waals surface area contributed by atoms with Crippen molar-refractivity contribution in [3.8, 4) is 17.6 Å². The molecular weight excluding hydrogens is 284 g/mol. The Morgan fingerprint density at radius 3 is 2.52 bits per heavy atom. The van der Waals surface area contributed by atoms with Gasteiger partial charge in [-0.05, 0) is 49.4 Å². The average Bonchev–Trinajstić information content (AvgIpc) is 2.50. The van der Waals surface area contributed by atoms with Gasteiger partial charge < -0.3 is 10.1 Å². The molecule has 2 rings (SSSR count). The van der Waals surface area contributed by atoms with Crippen LogP contribution in [0.15, 0.2) is 42.5 Å². The number of rotatable bonds is 5. The van der Waals surface area contributed by atoms with E-state index in [9.17, 15) is 0 Å². The molecule has 4 heteroatoms. The lowest BCUT2D eigenvalue weighted by molar-refractivity contribution is 0.482. The van der Waals surface area contributed by atoms with E-state index < -0.39 is 0 Å². The highest BCUT2D eigenvalue weighted by Gasteiger charge is 2.08. The van der Waals surface area contributed by atoms with Gasteiger partial charge in [-0.15, -0.1) is 0 Å². The van der Waals surface area contributed by atoms with Gasteiger partial charge in [0, 0.05) is 6.04 Å². The van der Waals surface area contributed by atoms with Crippen LogP contribution in [0.5, 0.6) is 11.5 Å². The van der Waals surface area contributed by atoms with Gasteiger partial charge in [-0.2, -0.15) is 5.26 Å². The SMILES string of the molecule is CNC(C)c1ccc(Oc2ccc(CC#N)cc2)c(Cl)c1. The van der Waals surface area contributed by atoms with E-state index in [1.807, 2.05) is 49.5 Å². The minimum Gasteiger partial charge on any atom is -0.456 e. The highest BCUT2D eigenvalue weighted by molar-refractivity contribution is 6.32. The Morgan fingerprint density at radius 1 is 1.24 bits per heavy atom. The van der Waals surface area contributed by atoms with Gasteiger partial charge in [0.25, 0.3) is 0 Å². The molecule has 0 amide bonds. The third kappa shape index (κ3) is 3.98. The Balaban J connectivity index is 2.14. The van der Waals surface area contributed by atoms with Gasteiger partial charge in [0.15, 0.2) is 0 Å². The zero-order chi connectivity index (χ0) is 15.2. The lowest BCUT2D eigenvalue weighted by atomic mass is 10.1. The normalized spacial score (nSPS) is 11.7. The quantitative estimate of drug-likeness (QED) is 0.885. The Labute approximate surface area is 130 Å². The third-order valence-electron chi connectivity index (χ3n) is 3.32. The Hall–Kier alpha value is -2.02. The molecule has 108 valence electrons. The van der Waals surface area contributed by atoms with Crippen molar-refractivity contribution in [2.24, 2.45) is 0 Å². The fourth-order valence-electron chi connectivity index (χ4n) is 1.93. The van der Waals surface area contributed by atoms with Gasteiger partial charge >= 0.3 is 0 Å². The number of nitrogens with zero attached hydrogens (tertiary/aromatic N) is 1. The molecule has 0 spiro atoms. The maximum absolute atomic E-state index is 8.65. The van der Waals surface area contributed by atoms with Gasteiger partial charge in [-0.1, -0.05) is 29.8 Å². The molecule has 2 aromatic carbocycles. The van der Waals surface area contributed by atoms with E-state index in [-0.39, 0.29) is 6.04 Å². The molecule has 0 aliphatic carbocycles. The fourth-order valence-corrected chi connectivity index (χ4v) is 2.16. The highest BCUT2D eigenvalue weighted by atomic mass is 35.5. The largest absolute Gasteiger partial charge is 0.456 e. The van der Waals surface area contributed by atoms with Crippen LogP contribution in [0.3, 0.4) is 0 Å². The van der Waals surface area contributed by atoms with Crippen LogP contribution >= 0.6 is 11.6 Å². The molecule has 21 heavy (non-hydrogen) atoms. The van der Waals surface area contributed by atoms with Crippen LogP contribution in [-0.2, 0) is 6.42 Å². The number of halogens is 1. The van der Waals surface area contributed by atoms with Crippen molar-refractivity contribution in [3.63, 3.8) is 0 Å².